The van der Waals surface area contributed by atoms with Crippen molar-refractivity contribution in [2.75, 3.05) is 0 Å². The van der Waals surface area contributed by atoms with Gasteiger partial charge in [0.15, 0.2) is 0 Å². The summed E-state index contributed by atoms with van der Waals surface area (Å²) < 4.78 is 23.6. The molecule has 2 atom stereocenters. The SMILES string of the molecule is O=C(O)C1CCCCC1c1nc2cc(OCc3ccc4ccccc4n3)ccc2n1Cc1ccc(Br)cc1F. The van der Waals surface area contributed by atoms with E-state index in [0.717, 1.165) is 41.4 Å². The zero-order valence-electron chi connectivity index (χ0n) is 21.2. The van der Waals surface area contributed by atoms with E-state index < -0.39 is 11.9 Å². The van der Waals surface area contributed by atoms with Crippen LogP contribution in [0.15, 0.2) is 77.3 Å². The van der Waals surface area contributed by atoms with Gasteiger partial charge in [0.25, 0.3) is 0 Å². The Bertz CT molecular complexity index is 1690. The third-order valence-corrected chi connectivity index (χ3v) is 8.04. The van der Waals surface area contributed by atoms with E-state index in [4.69, 9.17) is 9.72 Å². The maximum Gasteiger partial charge on any atom is 0.307 e. The first-order valence-corrected chi connectivity index (χ1v) is 13.9. The summed E-state index contributed by atoms with van der Waals surface area (Å²) in [5.74, 6) is -0.555. The number of benzene rings is 3. The highest BCUT2D eigenvalue weighted by Gasteiger charge is 2.35. The van der Waals surface area contributed by atoms with E-state index in [-0.39, 0.29) is 18.3 Å². The van der Waals surface area contributed by atoms with Crippen molar-refractivity contribution in [3.8, 4) is 5.75 Å². The first-order chi connectivity index (χ1) is 19.0. The highest BCUT2D eigenvalue weighted by molar-refractivity contribution is 9.10. The highest BCUT2D eigenvalue weighted by Crippen LogP contribution is 2.39. The third-order valence-electron chi connectivity index (χ3n) is 7.55. The van der Waals surface area contributed by atoms with Crippen molar-refractivity contribution in [3.05, 3.63) is 100 Å². The van der Waals surface area contributed by atoms with E-state index in [1.54, 1.807) is 6.07 Å². The van der Waals surface area contributed by atoms with E-state index in [1.165, 1.54) is 6.07 Å². The average Bonchev–Trinajstić information content (AvgIpc) is 3.30. The molecular weight excluding hydrogens is 561 g/mol. The number of imidazole rings is 1. The van der Waals surface area contributed by atoms with Crippen LogP contribution in [-0.4, -0.2) is 25.6 Å². The first-order valence-electron chi connectivity index (χ1n) is 13.1. The molecule has 1 aliphatic carbocycles. The zero-order chi connectivity index (χ0) is 26.9. The lowest BCUT2D eigenvalue weighted by atomic mass is 9.78. The summed E-state index contributed by atoms with van der Waals surface area (Å²) in [6.07, 6.45) is 3.18. The van der Waals surface area contributed by atoms with Gasteiger partial charge in [0.05, 0.1) is 34.7 Å². The van der Waals surface area contributed by atoms with Crippen LogP contribution in [0.5, 0.6) is 5.75 Å². The van der Waals surface area contributed by atoms with Gasteiger partial charge in [-0.25, -0.2) is 14.4 Å². The Morgan fingerprint density at radius 3 is 2.69 bits per heavy atom. The van der Waals surface area contributed by atoms with Crippen molar-refractivity contribution in [2.24, 2.45) is 5.92 Å². The second-order valence-corrected chi connectivity index (χ2v) is 11.0. The van der Waals surface area contributed by atoms with Crippen LogP contribution in [0.1, 0.15) is 48.7 Å². The number of carbonyl (C=O) groups is 1. The van der Waals surface area contributed by atoms with Gasteiger partial charge >= 0.3 is 5.97 Å². The number of pyridine rings is 1. The van der Waals surface area contributed by atoms with Crippen molar-refractivity contribution in [2.45, 2.75) is 44.8 Å². The highest BCUT2D eigenvalue weighted by atomic mass is 79.9. The predicted molar refractivity (Wildman–Crippen MR) is 151 cm³/mol. The lowest BCUT2D eigenvalue weighted by molar-refractivity contribution is -0.143. The minimum Gasteiger partial charge on any atom is -0.487 e. The van der Waals surface area contributed by atoms with Crippen LogP contribution in [0, 0.1) is 11.7 Å². The molecule has 6 rings (SSSR count). The Morgan fingerprint density at radius 2 is 1.85 bits per heavy atom. The van der Waals surface area contributed by atoms with Crippen LogP contribution < -0.4 is 4.74 Å². The summed E-state index contributed by atoms with van der Waals surface area (Å²) in [6.45, 7) is 0.562. The van der Waals surface area contributed by atoms with Gasteiger partial charge in [0.2, 0.25) is 0 Å². The number of hydrogen-bond donors (Lipinski definition) is 1. The molecular formula is C31H27BrFN3O3. The summed E-state index contributed by atoms with van der Waals surface area (Å²) in [7, 11) is 0. The maximum absolute atomic E-state index is 14.9. The molecule has 1 fully saturated rings. The molecule has 0 bridgehead atoms. The molecule has 2 aromatic heterocycles. The molecule has 0 saturated heterocycles. The van der Waals surface area contributed by atoms with E-state index in [2.05, 4.69) is 20.9 Å². The van der Waals surface area contributed by atoms with Crippen LogP contribution in [0.4, 0.5) is 4.39 Å². The largest absolute Gasteiger partial charge is 0.487 e. The molecule has 8 heteroatoms. The smallest absolute Gasteiger partial charge is 0.307 e. The number of aliphatic carboxylic acids is 1. The molecule has 39 heavy (non-hydrogen) atoms. The van der Waals surface area contributed by atoms with Gasteiger partial charge in [-0.3, -0.25) is 4.79 Å². The van der Waals surface area contributed by atoms with Crippen LogP contribution in [0.2, 0.25) is 0 Å². The molecule has 0 radical (unpaired) electrons. The van der Waals surface area contributed by atoms with Crippen molar-refractivity contribution in [1.29, 1.82) is 0 Å². The number of rotatable bonds is 7. The first kappa shape index (κ1) is 25.5. The third kappa shape index (κ3) is 5.26. The van der Waals surface area contributed by atoms with Crippen molar-refractivity contribution in [3.63, 3.8) is 0 Å². The van der Waals surface area contributed by atoms with E-state index in [9.17, 15) is 14.3 Å². The number of halogens is 2. The van der Waals surface area contributed by atoms with Crippen LogP contribution in [0.25, 0.3) is 21.9 Å². The van der Waals surface area contributed by atoms with Gasteiger partial charge in [0, 0.05) is 27.4 Å². The monoisotopic (exact) mass is 587 g/mol. The summed E-state index contributed by atoms with van der Waals surface area (Å²) in [5, 5.41) is 11.0. The fourth-order valence-corrected chi connectivity index (χ4v) is 5.90. The molecule has 0 aliphatic heterocycles. The number of nitrogens with zero attached hydrogens (tertiary/aromatic N) is 3. The van der Waals surface area contributed by atoms with Crippen LogP contribution in [0.3, 0.4) is 0 Å². The molecule has 3 aromatic carbocycles. The molecule has 5 aromatic rings. The lowest BCUT2D eigenvalue weighted by Gasteiger charge is -2.28. The Hall–Kier alpha value is -3.78. The normalized spacial score (nSPS) is 17.5. The van der Waals surface area contributed by atoms with Crippen molar-refractivity contribution < 1.29 is 19.0 Å². The summed E-state index contributed by atoms with van der Waals surface area (Å²) in [4.78, 5) is 21.8. The number of carboxylic acids is 1. The quantitative estimate of drug-likeness (QED) is 0.214. The molecule has 2 heterocycles. The van der Waals surface area contributed by atoms with E-state index >= 15 is 0 Å². The number of aromatic nitrogens is 3. The number of para-hydroxylation sites is 1. The Morgan fingerprint density at radius 1 is 1.00 bits per heavy atom. The van der Waals surface area contributed by atoms with Gasteiger partial charge in [-0.1, -0.05) is 59.1 Å². The number of carboxylic acid groups (broad SMARTS) is 1. The minimum absolute atomic E-state index is 0.242. The average molecular weight is 588 g/mol. The van der Waals surface area contributed by atoms with Crippen LogP contribution in [-0.2, 0) is 17.9 Å². The number of fused-ring (bicyclic) bond motifs is 2. The summed E-state index contributed by atoms with van der Waals surface area (Å²) in [6, 6.07) is 22.6. The van der Waals surface area contributed by atoms with Crippen molar-refractivity contribution in [1.82, 2.24) is 14.5 Å². The summed E-state index contributed by atoms with van der Waals surface area (Å²) >= 11 is 3.32. The molecule has 1 N–H and O–H groups in total. The van der Waals surface area contributed by atoms with Gasteiger partial charge in [-0.05, 0) is 49.2 Å². The fourth-order valence-electron chi connectivity index (χ4n) is 5.57. The maximum atomic E-state index is 14.9. The standard InChI is InChI=1S/C31H27BrFN3O3/c32-21-11-9-20(26(33)15-21)17-36-29-14-13-23(39-18-22-12-10-19-5-1-4-8-27(19)34-22)16-28(29)35-30(36)24-6-2-3-7-25(24)31(37)38/h1,4-5,8-16,24-25H,2-3,6-7,17-18H2,(H,37,38). The van der Waals surface area contributed by atoms with Crippen molar-refractivity contribution >= 4 is 43.8 Å². The number of hydrogen-bond acceptors (Lipinski definition) is 4. The lowest BCUT2D eigenvalue weighted by Crippen LogP contribution is -2.28. The van der Waals surface area contributed by atoms with Gasteiger partial charge in [-0.2, -0.15) is 0 Å². The molecule has 0 amide bonds. The summed E-state index contributed by atoms with van der Waals surface area (Å²) in [5.41, 5.74) is 3.76. The van der Waals surface area contributed by atoms with Crippen LogP contribution >= 0.6 is 15.9 Å². The predicted octanol–water partition coefficient (Wildman–Crippen LogP) is 7.47. The van der Waals surface area contributed by atoms with Gasteiger partial charge < -0.3 is 14.4 Å². The molecule has 0 spiro atoms. The Balaban J connectivity index is 1.35. The van der Waals surface area contributed by atoms with Gasteiger partial charge in [-0.15, -0.1) is 0 Å². The zero-order valence-corrected chi connectivity index (χ0v) is 22.8. The second-order valence-electron chi connectivity index (χ2n) is 10.1. The van der Waals surface area contributed by atoms with E-state index in [0.29, 0.717) is 40.2 Å². The Kier molecular flexibility index (Phi) is 7.04. The Labute approximate surface area is 233 Å². The fraction of sp³-hybridized carbons (Fsp3) is 0.258. The second kappa shape index (κ2) is 10.8. The molecule has 1 aliphatic rings. The van der Waals surface area contributed by atoms with Gasteiger partial charge in [0.1, 0.15) is 24.0 Å². The minimum atomic E-state index is -0.806. The molecule has 6 nitrogen and oxygen atoms in total. The number of ether oxygens (including phenoxy) is 1. The molecule has 1 saturated carbocycles. The molecule has 2 unspecified atom stereocenters. The molecule has 198 valence electrons. The van der Waals surface area contributed by atoms with E-state index in [1.807, 2.05) is 65.2 Å². The topological polar surface area (TPSA) is 77.2 Å².